The lowest BCUT2D eigenvalue weighted by Gasteiger charge is -2.23. The van der Waals surface area contributed by atoms with E-state index in [1.807, 2.05) is 37.3 Å². The van der Waals surface area contributed by atoms with Crippen LogP contribution in [0, 0.1) is 0 Å². The molecule has 0 bridgehead atoms. The molecular formula is C17H25NO3. The molecule has 116 valence electrons. The van der Waals surface area contributed by atoms with E-state index >= 15 is 0 Å². The fraction of sp³-hybridized carbons (Fsp3) is 0.588. The smallest absolute Gasteiger partial charge is 0.222 e. The first-order valence-electron chi connectivity index (χ1n) is 7.84. The van der Waals surface area contributed by atoms with Crippen molar-refractivity contribution in [3.05, 3.63) is 35.9 Å². The van der Waals surface area contributed by atoms with E-state index < -0.39 is 0 Å². The van der Waals surface area contributed by atoms with Gasteiger partial charge in [0.05, 0.1) is 18.6 Å². The first-order chi connectivity index (χ1) is 10.3. The summed E-state index contributed by atoms with van der Waals surface area (Å²) < 4.78 is 11.3. The molecule has 1 aromatic carbocycles. The number of carbonyl (C=O) groups excluding carboxylic acids is 1. The number of nitrogens with one attached hydrogen (secondary N) is 1. The van der Waals surface area contributed by atoms with Crippen LogP contribution in [0.3, 0.4) is 0 Å². The summed E-state index contributed by atoms with van der Waals surface area (Å²) in [6.07, 6.45) is 3.70. The fourth-order valence-electron chi connectivity index (χ4n) is 2.60. The molecule has 1 aliphatic rings. The molecule has 1 heterocycles. The second-order valence-corrected chi connectivity index (χ2v) is 5.35. The molecule has 1 N–H and O–H groups in total. The van der Waals surface area contributed by atoms with Crippen molar-refractivity contribution in [1.82, 2.24) is 5.32 Å². The monoisotopic (exact) mass is 291 g/mol. The van der Waals surface area contributed by atoms with Crippen molar-refractivity contribution in [2.45, 2.75) is 44.8 Å². The minimum Gasteiger partial charge on any atom is -0.378 e. The van der Waals surface area contributed by atoms with Gasteiger partial charge in [0.2, 0.25) is 5.91 Å². The normalized spacial score (nSPS) is 20.0. The number of hydrogen-bond acceptors (Lipinski definition) is 3. The van der Waals surface area contributed by atoms with Crippen molar-refractivity contribution in [3.8, 4) is 0 Å². The number of rotatable bonds is 7. The molecule has 0 spiro atoms. The molecule has 21 heavy (non-hydrogen) atoms. The number of amides is 1. The van der Waals surface area contributed by atoms with Gasteiger partial charge < -0.3 is 14.8 Å². The molecule has 0 aliphatic carbocycles. The quantitative estimate of drug-likeness (QED) is 0.840. The second-order valence-electron chi connectivity index (χ2n) is 5.35. The average Bonchev–Trinajstić information content (AvgIpc) is 2.53. The number of carbonyl (C=O) groups is 1. The minimum absolute atomic E-state index is 0.0440. The van der Waals surface area contributed by atoms with Crippen molar-refractivity contribution >= 4 is 5.91 Å². The van der Waals surface area contributed by atoms with Gasteiger partial charge in [-0.1, -0.05) is 30.3 Å². The van der Waals surface area contributed by atoms with E-state index in [0.717, 1.165) is 31.4 Å². The van der Waals surface area contributed by atoms with Crippen LogP contribution in [0.5, 0.6) is 0 Å². The summed E-state index contributed by atoms with van der Waals surface area (Å²) in [6.45, 7) is 3.88. The van der Waals surface area contributed by atoms with Crippen LogP contribution >= 0.6 is 0 Å². The molecule has 4 nitrogen and oxygen atoms in total. The first-order valence-corrected chi connectivity index (χ1v) is 7.84. The minimum atomic E-state index is -0.0903. The van der Waals surface area contributed by atoms with Crippen LogP contribution in [0.1, 0.15) is 44.3 Å². The maximum absolute atomic E-state index is 12.0. The highest BCUT2D eigenvalue weighted by Gasteiger charge is 2.19. The standard InChI is InChI=1S/C17H25NO3/c1-2-20-16(14-8-4-3-5-9-14)13-18-17(19)12-15-10-6-7-11-21-15/h3-5,8-9,15-16H,2,6-7,10-13H2,1H3,(H,18,19)/t15-,16+/m0/s1. The molecule has 0 radical (unpaired) electrons. The van der Waals surface area contributed by atoms with Gasteiger partial charge >= 0.3 is 0 Å². The topological polar surface area (TPSA) is 47.6 Å². The van der Waals surface area contributed by atoms with Gasteiger partial charge in [-0.15, -0.1) is 0 Å². The zero-order valence-corrected chi connectivity index (χ0v) is 12.7. The highest BCUT2D eigenvalue weighted by atomic mass is 16.5. The van der Waals surface area contributed by atoms with Gasteiger partial charge in [0.25, 0.3) is 0 Å². The van der Waals surface area contributed by atoms with Crippen molar-refractivity contribution < 1.29 is 14.3 Å². The van der Waals surface area contributed by atoms with E-state index in [-0.39, 0.29) is 18.1 Å². The van der Waals surface area contributed by atoms with Gasteiger partial charge in [0.1, 0.15) is 0 Å². The summed E-state index contributed by atoms with van der Waals surface area (Å²) in [6, 6.07) is 10.00. The van der Waals surface area contributed by atoms with E-state index in [9.17, 15) is 4.79 Å². The van der Waals surface area contributed by atoms with E-state index in [0.29, 0.717) is 19.6 Å². The van der Waals surface area contributed by atoms with Crippen LogP contribution < -0.4 is 5.32 Å². The predicted molar refractivity (Wildman–Crippen MR) is 82.0 cm³/mol. The largest absolute Gasteiger partial charge is 0.378 e. The Hall–Kier alpha value is -1.39. The Kier molecular flexibility index (Phi) is 6.70. The number of ether oxygens (including phenoxy) is 2. The number of hydrogen-bond donors (Lipinski definition) is 1. The molecule has 0 unspecified atom stereocenters. The molecule has 1 aliphatic heterocycles. The maximum atomic E-state index is 12.0. The van der Waals surface area contributed by atoms with Crippen LogP contribution in [-0.2, 0) is 14.3 Å². The Balaban J connectivity index is 1.79. The van der Waals surface area contributed by atoms with Crippen LogP contribution in [0.15, 0.2) is 30.3 Å². The zero-order valence-electron chi connectivity index (χ0n) is 12.7. The highest BCUT2D eigenvalue weighted by molar-refractivity contribution is 5.76. The van der Waals surface area contributed by atoms with Crippen molar-refractivity contribution in [3.63, 3.8) is 0 Å². The maximum Gasteiger partial charge on any atom is 0.222 e. The van der Waals surface area contributed by atoms with E-state index in [1.54, 1.807) is 0 Å². The molecule has 1 aromatic rings. The van der Waals surface area contributed by atoms with Crippen LogP contribution in [0.2, 0.25) is 0 Å². The van der Waals surface area contributed by atoms with Crippen molar-refractivity contribution in [2.24, 2.45) is 0 Å². The summed E-state index contributed by atoms with van der Waals surface area (Å²) in [5.41, 5.74) is 1.09. The van der Waals surface area contributed by atoms with E-state index in [1.165, 1.54) is 0 Å². The third-order valence-electron chi connectivity index (χ3n) is 3.71. The average molecular weight is 291 g/mol. The molecule has 4 heteroatoms. The number of benzene rings is 1. The van der Waals surface area contributed by atoms with Crippen molar-refractivity contribution in [2.75, 3.05) is 19.8 Å². The molecule has 0 saturated carbocycles. The summed E-state index contributed by atoms with van der Waals surface area (Å²) in [7, 11) is 0. The fourth-order valence-corrected chi connectivity index (χ4v) is 2.60. The van der Waals surface area contributed by atoms with E-state index in [2.05, 4.69) is 5.32 Å². The Labute approximate surface area is 126 Å². The van der Waals surface area contributed by atoms with Gasteiger partial charge in [0.15, 0.2) is 0 Å². The molecule has 1 amide bonds. The lowest BCUT2D eigenvalue weighted by atomic mass is 10.1. The molecule has 2 rings (SSSR count). The third kappa shape index (κ3) is 5.48. The molecule has 0 aromatic heterocycles. The summed E-state index contributed by atoms with van der Waals surface area (Å²) in [5, 5.41) is 2.97. The van der Waals surface area contributed by atoms with Crippen molar-refractivity contribution in [1.29, 1.82) is 0 Å². The van der Waals surface area contributed by atoms with Gasteiger partial charge in [0, 0.05) is 19.8 Å². The van der Waals surface area contributed by atoms with Gasteiger partial charge in [-0.05, 0) is 31.7 Å². The summed E-state index contributed by atoms with van der Waals surface area (Å²) in [5.74, 6) is 0.0440. The third-order valence-corrected chi connectivity index (χ3v) is 3.71. The van der Waals surface area contributed by atoms with Gasteiger partial charge in [-0.2, -0.15) is 0 Å². The van der Waals surface area contributed by atoms with E-state index in [4.69, 9.17) is 9.47 Å². The SMILES string of the molecule is CCO[C@H](CNC(=O)C[C@@H]1CCCCO1)c1ccccc1. The van der Waals surface area contributed by atoms with Gasteiger partial charge in [-0.3, -0.25) is 4.79 Å². The first kappa shape index (κ1) is 16.0. The summed E-state index contributed by atoms with van der Waals surface area (Å²) in [4.78, 5) is 12.0. The predicted octanol–water partition coefficient (Wildman–Crippen LogP) is 2.84. The Bertz CT molecular complexity index is 415. The molecule has 1 saturated heterocycles. The Morgan fingerprint density at radius 1 is 1.38 bits per heavy atom. The lowest BCUT2D eigenvalue weighted by Crippen LogP contribution is -2.33. The summed E-state index contributed by atoms with van der Waals surface area (Å²) >= 11 is 0. The van der Waals surface area contributed by atoms with Crippen LogP contribution in [0.4, 0.5) is 0 Å². The van der Waals surface area contributed by atoms with Crippen LogP contribution in [0.25, 0.3) is 0 Å². The second kappa shape index (κ2) is 8.80. The molecule has 2 atom stereocenters. The Morgan fingerprint density at radius 2 is 2.19 bits per heavy atom. The zero-order chi connectivity index (χ0) is 14.9. The lowest BCUT2D eigenvalue weighted by molar-refractivity contribution is -0.125. The van der Waals surface area contributed by atoms with Gasteiger partial charge in [-0.25, -0.2) is 0 Å². The van der Waals surface area contributed by atoms with Crippen LogP contribution in [-0.4, -0.2) is 31.8 Å². The Morgan fingerprint density at radius 3 is 2.86 bits per heavy atom. The molecular weight excluding hydrogens is 266 g/mol. The highest BCUT2D eigenvalue weighted by Crippen LogP contribution is 2.17. The molecule has 1 fully saturated rings.